The number of carbonyl (C=O) groups is 3. The Labute approximate surface area is 210 Å². The first kappa shape index (κ1) is 27.2. The van der Waals surface area contributed by atoms with Crippen LogP contribution in [0.5, 0.6) is 0 Å². The van der Waals surface area contributed by atoms with Gasteiger partial charge in [-0.05, 0) is 26.7 Å². The first-order valence-electron chi connectivity index (χ1n) is 12.3. The Morgan fingerprint density at radius 1 is 1.03 bits per heavy atom. The highest BCUT2D eigenvalue weighted by Crippen LogP contribution is 2.27. The van der Waals surface area contributed by atoms with Crippen molar-refractivity contribution in [1.29, 1.82) is 0 Å². The summed E-state index contributed by atoms with van der Waals surface area (Å²) in [6.07, 6.45) is 8.64. The Hall–Kier alpha value is -3.38. The fourth-order valence-corrected chi connectivity index (χ4v) is 4.45. The van der Waals surface area contributed by atoms with Gasteiger partial charge in [-0.2, -0.15) is 5.10 Å². The molecule has 196 valence electrons. The highest BCUT2D eigenvalue weighted by molar-refractivity contribution is 5.99. The lowest BCUT2D eigenvalue weighted by Crippen LogP contribution is -2.49. The standard InChI is InChI=1S/C20H31N7O.C4H4O4/c1-15(2)26-10-7-25(8-11-26)9-12-27-19-17(13-23-27)18(21-14-22-19)24-20(28)16-5-3-4-6-16;5-3(6)1-2-4(7)8/h13-16H,3-12H2,1-2H3,(H,21,22,24,28);1-2H,(H,5,6)(H,7,8). The van der Waals surface area contributed by atoms with E-state index in [1.54, 1.807) is 6.20 Å². The van der Waals surface area contributed by atoms with Crippen molar-refractivity contribution in [2.24, 2.45) is 5.92 Å². The second-order valence-corrected chi connectivity index (χ2v) is 9.28. The van der Waals surface area contributed by atoms with Crippen LogP contribution >= 0.6 is 0 Å². The number of nitrogens with zero attached hydrogens (tertiary/aromatic N) is 6. The molecule has 1 saturated heterocycles. The monoisotopic (exact) mass is 501 g/mol. The summed E-state index contributed by atoms with van der Waals surface area (Å²) >= 11 is 0. The molecule has 0 atom stereocenters. The van der Waals surface area contributed by atoms with E-state index in [0.29, 0.717) is 24.0 Å². The first-order chi connectivity index (χ1) is 17.2. The van der Waals surface area contributed by atoms with Crippen molar-refractivity contribution < 1.29 is 24.6 Å². The molecule has 1 aliphatic carbocycles. The number of piperazine rings is 1. The molecule has 3 N–H and O–H groups in total. The van der Waals surface area contributed by atoms with Crippen LogP contribution in [-0.4, -0.2) is 96.4 Å². The third-order valence-corrected chi connectivity index (χ3v) is 6.53. The van der Waals surface area contributed by atoms with Gasteiger partial charge in [0.25, 0.3) is 0 Å². The number of aromatic nitrogens is 4. The first-order valence-corrected chi connectivity index (χ1v) is 12.3. The maximum absolute atomic E-state index is 12.5. The molecule has 2 aliphatic rings. The summed E-state index contributed by atoms with van der Waals surface area (Å²) in [7, 11) is 0. The molecule has 0 bridgehead atoms. The topological polar surface area (TPSA) is 154 Å². The molecule has 1 saturated carbocycles. The van der Waals surface area contributed by atoms with Crippen molar-refractivity contribution in [2.45, 2.75) is 52.1 Å². The van der Waals surface area contributed by atoms with Crippen molar-refractivity contribution in [3.63, 3.8) is 0 Å². The minimum Gasteiger partial charge on any atom is -0.478 e. The molecule has 0 aromatic carbocycles. The number of rotatable bonds is 8. The Morgan fingerprint density at radius 3 is 2.25 bits per heavy atom. The molecular weight excluding hydrogens is 466 g/mol. The Morgan fingerprint density at radius 2 is 1.67 bits per heavy atom. The van der Waals surface area contributed by atoms with Crippen LogP contribution in [0.4, 0.5) is 5.82 Å². The zero-order valence-electron chi connectivity index (χ0n) is 20.8. The summed E-state index contributed by atoms with van der Waals surface area (Å²) in [6, 6.07) is 0.617. The molecule has 0 unspecified atom stereocenters. The van der Waals surface area contributed by atoms with Crippen molar-refractivity contribution in [3.8, 4) is 0 Å². The minimum absolute atomic E-state index is 0.0771. The van der Waals surface area contributed by atoms with E-state index >= 15 is 0 Å². The number of fused-ring (bicyclic) bond motifs is 1. The lowest BCUT2D eigenvalue weighted by atomic mass is 10.1. The van der Waals surface area contributed by atoms with Gasteiger partial charge < -0.3 is 15.5 Å². The van der Waals surface area contributed by atoms with Crippen molar-refractivity contribution in [1.82, 2.24) is 29.5 Å². The van der Waals surface area contributed by atoms with E-state index in [-0.39, 0.29) is 11.8 Å². The number of carbonyl (C=O) groups excluding carboxylic acids is 1. The lowest BCUT2D eigenvalue weighted by Gasteiger charge is -2.36. The number of carboxylic acid groups (broad SMARTS) is 2. The molecule has 4 rings (SSSR count). The van der Waals surface area contributed by atoms with Crippen LogP contribution in [0, 0.1) is 5.92 Å². The van der Waals surface area contributed by atoms with Crippen molar-refractivity contribution in [3.05, 3.63) is 24.7 Å². The predicted molar refractivity (Wildman–Crippen MR) is 133 cm³/mol. The van der Waals surface area contributed by atoms with E-state index in [4.69, 9.17) is 10.2 Å². The average Bonchev–Trinajstić information content (AvgIpc) is 3.53. The molecule has 3 heterocycles. The van der Waals surface area contributed by atoms with Crippen molar-refractivity contribution in [2.75, 3.05) is 38.0 Å². The average molecular weight is 502 g/mol. The van der Waals surface area contributed by atoms with Crippen LogP contribution < -0.4 is 5.32 Å². The molecule has 2 aromatic rings. The molecule has 36 heavy (non-hydrogen) atoms. The highest BCUT2D eigenvalue weighted by Gasteiger charge is 2.24. The number of aliphatic carboxylic acids is 2. The van der Waals surface area contributed by atoms with Crippen LogP contribution in [0.2, 0.25) is 0 Å². The maximum Gasteiger partial charge on any atom is 0.328 e. The molecule has 1 aliphatic heterocycles. The lowest BCUT2D eigenvalue weighted by molar-refractivity contribution is -0.134. The molecule has 2 aromatic heterocycles. The molecule has 12 heteroatoms. The van der Waals surface area contributed by atoms with Gasteiger partial charge in [0.15, 0.2) is 5.65 Å². The summed E-state index contributed by atoms with van der Waals surface area (Å²) in [4.78, 5) is 45.3. The number of hydrogen-bond acceptors (Lipinski definition) is 8. The molecule has 2 fully saturated rings. The smallest absolute Gasteiger partial charge is 0.328 e. The van der Waals surface area contributed by atoms with Crippen molar-refractivity contribution >= 4 is 34.7 Å². The summed E-state index contributed by atoms with van der Waals surface area (Å²) in [6.45, 7) is 10.7. The predicted octanol–water partition coefficient (Wildman–Crippen LogP) is 1.69. The SMILES string of the molecule is CC(C)N1CCN(CCn2ncc3c(NC(=O)C4CCCC4)ncnc32)CC1.O=C(O)C=CC(=O)O. The van der Waals surface area contributed by atoms with E-state index in [0.717, 1.165) is 76.0 Å². The van der Waals surface area contributed by atoms with E-state index in [2.05, 4.69) is 44.0 Å². The van der Waals surface area contributed by atoms with Gasteiger partial charge in [-0.25, -0.2) is 24.2 Å². The Bertz CT molecular complexity index is 1050. The van der Waals surface area contributed by atoms with E-state index in [9.17, 15) is 14.4 Å². The van der Waals surface area contributed by atoms with Crippen LogP contribution in [0.15, 0.2) is 24.7 Å². The highest BCUT2D eigenvalue weighted by atomic mass is 16.4. The Kier molecular flexibility index (Phi) is 9.88. The summed E-state index contributed by atoms with van der Waals surface area (Å²) < 4.78 is 1.93. The zero-order valence-corrected chi connectivity index (χ0v) is 20.8. The zero-order chi connectivity index (χ0) is 26.1. The number of amides is 1. The third-order valence-electron chi connectivity index (χ3n) is 6.53. The number of hydrogen-bond donors (Lipinski definition) is 3. The molecule has 1 amide bonds. The summed E-state index contributed by atoms with van der Waals surface area (Å²) in [5.74, 6) is -1.74. The van der Waals surface area contributed by atoms with Gasteiger partial charge in [-0.1, -0.05) is 12.8 Å². The minimum atomic E-state index is -1.26. The summed E-state index contributed by atoms with van der Waals surface area (Å²) in [5, 5.41) is 24.0. The van der Waals surface area contributed by atoms with Gasteiger partial charge in [-0.3, -0.25) is 14.6 Å². The van der Waals surface area contributed by atoms with E-state index in [1.165, 1.54) is 6.33 Å². The van der Waals surface area contributed by atoms with Gasteiger partial charge in [0.1, 0.15) is 12.1 Å². The second kappa shape index (κ2) is 13.1. The van der Waals surface area contributed by atoms with Gasteiger partial charge in [0.2, 0.25) is 5.91 Å². The van der Waals surface area contributed by atoms with E-state index in [1.807, 2.05) is 4.68 Å². The third kappa shape index (κ3) is 7.82. The summed E-state index contributed by atoms with van der Waals surface area (Å²) in [5.41, 5.74) is 0.789. The largest absolute Gasteiger partial charge is 0.478 e. The van der Waals surface area contributed by atoms with Crippen LogP contribution in [0.1, 0.15) is 39.5 Å². The Balaban J connectivity index is 0.000000392. The fourth-order valence-electron chi connectivity index (χ4n) is 4.45. The number of nitrogens with one attached hydrogen (secondary N) is 1. The second-order valence-electron chi connectivity index (χ2n) is 9.28. The van der Waals surface area contributed by atoms with Gasteiger partial charge in [0, 0.05) is 56.8 Å². The van der Waals surface area contributed by atoms with Crippen LogP contribution in [0.3, 0.4) is 0 Å². The van der Waals surface area contributed by atoms with Crippen LogP contribution in [-0.2, 0) is 20.9 Å². The molecule has 12 nitrogen and oxygen atoms in total. The van der Waals surface area contributed by atoms with Crippen LogP contribution in [0.25, 0.3) is 11.0 Å². The van der Waals surface area contributed by atoms with Gasteiger partial charge in [0.05, 0.1) is 18.1 Å². The molecule has 0 spiro atoms. The number of anilines is 1. The molecule has 0 radical (unpaired) electrons. The van der Waals surface area contributed by atoms with E-state index < -0.39 is 11.9 Å². The quantitative estimate of drug-likeness (QED) is 0.455. The van der Waals surface area contributed by atoms with Gasteiger partial charge in [-0.15, -0.1) is 0 Å². The number of carboxylic acids is 2. The molecular formula is C24H35N7O5. The fraction of sp³-hybridized carbons (Fsp3) is 0.583. The maximum atomic E-state index is 12.5. The van der Waals surface area contributed by atoms with Gasteiger partial charge >= 0.3 is 11.9 Å². The normalized spacial score (nSPS) is 17.4.